The normalized spacial score (nSPS) is 11.7. The number of halogens is 11. The number of H-pyrrole nitrogens is 3. The minimum absolute atomic E-state index is 0.00232. The molecular formula is C89H82BCl3F8N12O19S6. The van der Waals surface area contributed by atoms with Crippen molar-refractivity contribution >= 4 is 219 Å². The van der Waals surface area contributed by atoms with Crippen LogP contribution in [0.3, 0.4) is 0 Å². The van der Waals surface area contributed by atoms with Crippen LogP contribution in [0.4, 0.5) is 57.9 Å². The Balaban J connectivity index is 0.000000178. The predicted molar refractivity (Wildman–Crippen MR) is 514 cm³/mol. The fourth-order valence-electron chi connectivity index (χ4n) is 13.6. The molecule has 8 heterocycles. The van der Waals surface area contributed by atoms with Gasteiger partial charge in [0, 0.05) is 109 Å². The number of aromatic carboxylic acids is 1. The summed E-state index contributed by atoms with van der Waals surface area (Å²) in [6.45, 7) is 9.07. The summed E-state index contributed by atoms with van der Waals surface area (Å²) in [5, 5.41) is 30.8. The third-order valence-electron chi connectivity index (χ3n) is 19.7. The van der Waals surface area contributed by atoms with Gasteiger partial charge in [-0.25, -0.2) is 105 Å². The fourth-order valence-corrected chi connectivity index (χ4v) is 24.6. The SMILES string of the molecule is CCCS(=O)(=O)N(c1c(F)ccc(C(=O)Cl)c1F)S(=O)(=O)CCC.CCCS(=O)(=O)N(c1c(F)ccc(C(=O)O)c1F)S(=O)(=O)CCC.CCCS(=O)(=O)Nc1c(F)ccc(C(=O)c2ccc3[nH]c4ncc(-c5ccncc5)cc4c3c2)c1F.CCCS(=O)(=O)Nc1c(F)ccc(C(=O)c2ccc3[nH]c4ncc(Cl)cc4c3c2)c1F.Clc1cnc2[nH]c3ccccc3c2c1.OB(O)c1ccncc1. The molecule has 49 heteroatoms. The van der Waals surface area contributed by atoms with E-state index in [1.165, 1.54) is 58.4 Å². The van der Waals surface area contributed by atoms with E-state index in [0.29, 0.717) is 72.7 Å². The number of hydrogen-bond acceptors (Lipinski definition) is 23. The van der Waals surface area contributed by atoms with Crippen molar-refractivity contribution in [2.24, 2.45) is 0 Å². The van der Waals surface area contributed by atoms with E-state index in [-0.39, 0.29) is 68.6 Å². The van der Waals surface area contributed by atoms with Crippen molar-refractivity contribution in [3.8, 4) is 11.1 Å². The van der Waals surface area contributed by atoms with Crippen LogP contribution in [-0.4, -0.2) is 170 Å². The van der Waals surface area contributed by atoms with E-state index < -0.39 is 205 Å². The highest BCUT2D eigenvalue weighted by Crippen LogP contribution is 2.38. The summed E-state index contributed by atoms with van der Waals surface area (Å²) in [6, 6.07) is 36.1. The Kier molecular flexibility index (Phi) is 35.6. The van der Waals surface area contributed by atoms with Crippen LogP contribution in [-0.2, 0) is 60.1 Å². The molecule has 138 heavy (non-hydrogen) atoms. The molecule has 0 aliphatic rings. The summed E-state index contributed by atoms with van der Waals surface area (Å²) in [7, 11) is -27.7. The van der Waals surface area contributed by atoms with Gasteiger partial charge in [-0.1, -0.05) is 82.9 Å². The highest BCUT2D eigenvalue weighted by Gasteiger charge is 2.41. The third kappa shape index (κ3) is 25.5. The van der Waals surface area contributed by atoms with Gasteiger partial charge in [-0.2, -0.15) is 7.42 Å². The molecule has 7 aromatic carbocycles. The second-order valence-electron chi connectivity index (χ2n) is 29.9. The van der Waals surface area contributed by atoms with E-state index >= 15 is 4.39 Å². The molecule has 728 valence electrons. The lowest BCUT2D eigenvalue weighted by Crippen LogP contribution is -2.41. The second-order valence-corrected chi connectivity index (χ2v) is 43.0. The van der Waals surface area contributed by atoms with E-state index in [1.54, 1.807) is 81.1 Å². The number of carboxylic acid groups (broad SMARTS) is 1. The van der Waals surface area contributed by atoms with Crippen LogP contribution in [0.15, 0.2) is 195 Å². The highest BCUT2D eigenvalue weighted by molar-refractivity contribution is 8.10. The average molecular weight is 2090 g/mol. The Bertz CT molecular complexity index is 7680. The van der Waals surface area contributed by atoms with Crippen LogP contribution in [0, 0.1) is 46.5 Å². The summed E-state index contributed by atoms with van der Waals surface area (Å²) >= 11 is 17.1. The molecule has 0 fully saturated rings. The molecule has 0 spiro atoms. The molecule has 15 rings (SSSR count). The number of pyridine rings is 5. The zero-order chi connectivity index (χ0) is 101. The van der Waals surface area contributed by atoms with Crippen molar-refractivity contribution in [2.45, 2.75) is 80.1 Å². The molecule has 0 unspecified atom stereocenters. The van der Waals surface area contributed by atoms with Gasteiger partial charge in [-0.15, -0.1) is 0 Å². The molecule has 8 N–H and O–H groups in total. The number of carbonyl (C=O) groups is 4. The number of rotatable bonds is 30. The van der Waals surface area contributed by atoms with Gasteiger partial charge in [0.15, 0.2) is 46.5 Å². The van der Waals surface area contributed by atoms with E-state index in [0.717, 1.165) is 68.2 Å². The largest absolute Gasteiger partial charge is 0.488 e. The van der Waals surface area contributed by atoms with Crippen LogP contribution in [0.5, 0.6) is 0 Å². The first-order valence-electron chi connectivity index (χ1n) is 41.2. The number of hydrogen-bond donors (Lipinski definition) is 8. The van der Waals surface area contributed by atoms with Gasteiger partial charge in [0.2, 0.25) is 60.1 Å². The van der Waals surface area contributed by atoms with Gasteiger partial charge in [-0.3, -0.25) is 33.8 Å². The molecular weight excluding hydrogens is 2000 g/mol. The summed E-state index contributed by atoms with van der Waals surface area (Å²) in [5.41, 5.74) is -0.108. The van der Waals surface area contributed by atoms with Gasteiger partial charge < -0.3 is 30.1 Å². The molecule has 0 radical (unpaired) electrons. The minimum Gasteiger partial charge on any atom is -0.478 e. The summed E-state index contributed by atoms with van der Waals surface area (Å²) in [6.07, 6.45) is 11.8. The van der Waals surface area contributed by atoms with Crippen molar-refractivity contribution in [3.63, 3.8) is 0 Å². The summed E-state index contributed by atoms with van der Waals surface area (Å²) < 4.78 is 266. The minimum atomic E-state index is -4.62. The Hall–Kier alpha value is -12.6. The smallest absolute Gasteiger partial charge is 0.478 e. The van der Waals surface area contributed by atoms with Crippen molar-refractivity contribution in [1.82, 2.24) is 39.9 Å². The highest BCUT2D eigenvalue weighted by atomic mass is 35.5. The number of para-hydroxylation sites is 1. The number of fused-ring (bicyclic) bond motifs is 9. The maximum atomic E-state index is 15.2. The number of benzene rings is 7. The van der Waals surface area contributed by atoms with Crippen LogP contribution < -0.4 is 22.3 Å². The zero-order valence-corrected chi connectivity index (χ0v) is 80.3. The van der Waals surface area contributed by atoms with Crippen molar-refractivity contribution in [2.75, 3.05) is 51.4 Å². The number of aromatic nitrogens is 8. The number of ketones is 2. The Morgan fingerprint density at radius 3 is 1.12 bits per heavy atom. The Morgan fingerprint density at radius 1 is 0.384 bits per heavy atom. The topological polar surface area (TPSA) is 476 Å². The van der Waals surface area contributed by atoms with Crippen molar-refractivity contribution < 1.29 is 120 Å². The monoisotopic (exact) mass is 2080 g/mol. The molecule has 0 amide bonds. The van der Waals surface area contributed by atoms with Gasteiger partial charge in [0.25, 0.3) is 5.24 Å². The van der Waals surface area contributed by atoms with E-state index in [2.05, 4.69) is 45.9 Å². The number of nitrogens with one attached hydrogen (secondary N) is 5. The number of anilines is 4. The maximum Gasteiger partial charge on any atom is 0.488 e. The third-order valence-corrected chi connectivity index (χ3v) is 32.4. The van der Waals surface area contributed by atoms with Crippen LogP contribution >= 0.6 is 34.8 Å². The van der Waals surface area contributed by atoms with Gasteiger partial charge >= 0.3 is 13.1 Å². The lowest BCUT2D eigenvalue weighted by Gasteiger charge is -2.24. The molecule has 31 nitrogen and oxygen atoms in total. The molecule has 8 aromatic heterocycles. The predicted octanol–water partition coefficient (Wildman–Crippen LogP) is 17.2. The number of carbonyl (C=O) groups excluding carboxylic acids is 3. The molecule has 0 aliphatic carbocycles. The summed E-state index contributed by atoms with van der Waals surface area (Å²) in [4.78, 5) is 78.6. The van der Waals surface area contributed by atoms with Gasteiger partial charge in [0.1, 0.15) is 51.3 Å². The number of nitrogens with zero attached hydrogens (tertiary/aromatic N) is 7. The Morgan fingerprint density at radius 2 is 0.732 bits per heavy atom. The first-order valence-corrected chi connectivity index (χ1v) is 52.1. The van der Waals surface area contributed by atoms with E-state index in [4.69, 9.17) is 50.0 Å². The Labute approximate surface area is 800 Å². The lowest BCUT2D eigenvalue weighted by molar-refractivity contribution is 0.0690. The average Bonchev–Trinajstić information content (AvgIpc) is 0.826. The van der Waals surface area contributed by atoms with Crippen LogP contribution in [0.2, 0.25) is 10.0 Å². The van der Waals surface area contributed by atoms with Gasteiger partial charge in [-0.05, 0) is 195 Å². The first-order chi connectivity index (χ1) is 65.1. The maximum absolute atomic E-state index is 15.2. The number of carboxylic acids is 1. The van der Waals surface area contributed by atoms with E-state index in [1.807, 2.05) is 51.9 Å². The standard InChI is InChI=1S/C26H20F2N4O3S.C21H16ClF2N3O3S.C13H16ClF2NO5S2.C13H17F2NO6S2.C11H7ClN2.C5H6BNO2/c1-2-11-36(34,35)32-24-21(27)5-4-18(23(24)28)25(33)16-3-6-22-19(12-16)20-13-17(14-30-26(20)31-22)15-7-9-29-10-8-15;1-2-7-31(29,30)27-19-16(23)5-4-13(18(19)24)20(28)11-3-6-17-14(8-11)15-9-12(22)10-25-21(15)26-17;1-3-7-23(19,20)17(24(21,22)8-4-2)12-10(15)6-5-9(11(12)16)13(14)18;1-3-7-23(19,20)16(24(21,22)8-4-2)12-10(14)6-5-9(11(12)15)13(17)18;12-7-5-9-8-3-1-2-4-10(8)14-11(9)13-6-7;8-6(9)5-1-3-7-4-2-5/h3-10,12-14,32H,2,11H2,1H3,(H,30,31);3-6,8-10,27H,2,7H2,1H3,(H,25,26);5-6H,3-4,7-8H2,1-2H3;5-6H,3-4,7-8H2,1-2H3,(H,17,18);1-6H,(H,13,14);1-4,8-9H. The lowest BCUT2D eigenvalue weighted by atomic mass is 9.81. The fraction of sp³-hybridized carbons (Fsp3) is 0.202. The summed E-state index contributed by atoms with van der Waals surface area (Å²) in [5.74, 6) is -17.6. The number of aromatic amines is 3. The molecule has 0 saturated carbocycles. The van der Waals surface area contributed by atoms with E-state index in [9.17, 15) is 100 Å². The molecule has 0 aliphatic heterocycles. The first kappa shape index (κ1) is 107. The zero-order valence-electron chi connectivity index (χ0n) is 73.1. The quantitative estimate of drug-likeness (QED) is 0.00897. The van der Waals surface area contributed by atoms with Crippen LogP contribution in [0.1, 0.15) is 133 Å². The number of sulfonamides is 6. The molecule has 0 atom stereocenters. The molecule has 0 bridgehead atoms. The molecule has 15 aromatic rings. The second kappa shape index (κ2) is 45.8. The van der Waals surface area contributed by atoms with Crippen molar-refractivity contribution in [3.05, 3.63) is 285 Å². The van der Waals surface area contributed by atoms with Crippen LogP contribution in [0.25, 0.3) is 76.9 Å². The van der Waals surface area contributed by atoms with Crippen molar-refractivity contribution in [1.29, 1.82) is 0 Å². The molecule has 0 saturated heterocycles. The van der Waals surface area contributed by atoms with Gasteiger partial charge in [0.05, 0.1) is 66.8 Å².